The first kappa shape index (κ1) is 18.6. The number of nitrogens with one attached hydrogen (secondary N) is 1. The van der Waals surface area contributed by atoms with E-state index in [-0.39, 0.29) is 18.1 Å². The number of rotatable bonds is 4. The summed E-state index contributed by atoms with van der Waals surface area (Å²) in [5, 5.41) is 2.87. The molecule has 1 N–H and O–H groups in total. The van der Waals surface area contributed by atoms with E-state index in [1.165, 1.54) is 10.6 Å². The zero-order valence-corrected chi connectivity index (χ0v) is 16.5. The van der Waals surface area contributed by atoms with Gasteiger partial charge in [-0.15, -0.1) is 0 Å². The summed E-state index contributed by atoms with van der Waals surface area (Å²) in [6.45, 7) is 2.54. The van der Waals surface area contributed by atoms with Gasteiger partial charge in [0.2, 0.25) is 10.0 Å². The van der Waals surface area contributed by atoms with E-state index in [9.17, 15) is 13.2 Å². The maximum atomic E-state index is 12.6. The lowest BCUT2D eigenvalue weighted by atomic mass is 10.1. The first-order valence-electron chi connectivity index (χ1n) is 9.12. The minimum atomic E-state index is -3.35. The zero-order chi connectivity index (χ0) is 19.9. The van der Waals surface area contributed by atoms with Crippen molar-refractivity contribution < 1.29 is 22.7 Å². The molecule has 2 aromatic carbocycles. The van der Waals surface area contributed by atoms with Crippen molar-refractivity contribution in [3.8, 4) is 11.5 Å². The van der Waals surface area contributed by atoms with Crippen molar-refractivity contribution in [2.75, 3.05) is 23.7 Å². The van der Waals surface area contributed by atoms with Crippen LogP contribution in [-0.4, -0.2) is 45.9 Å². The highest BCUT2D eigenvalue weighted by molar-refractivity contribution is 7.92. The first-order valence-corrected chi connectivity index (χ1v) is 11.0. The number of fused-ring (bicyclic) bond motifs is 2. The molecule has 2 heterocycles. The normalized spacial score (nSPS) is 20.6. The molecule has 2 unspecified atom stereocenters. The van der Waals surface area contributed by atoms with Gasteiger partial charge in [0.25, 0.3) is 5.91 Å². The molecule has 0 saturated heterocycles. The summed E-state index contributed by atoms with van der Waals surface area (Å²) < 4.78 is 36.9. The quantitative estimate of drug-likeness (QED) is 0.845. The third kappa shape index (κ3) is 3.52. The molecule has 2 aliphatic rings. The van der Waals surface area contributed by atoms with E-state index in [0.29, 0.717) is 42.3 Å². The van der Waals surface area contributed by atoms with Gasteiger partial charge < -0.3 is 14.8 Å². The van der Waals surface area contributed by atoms with Crippen LogP contribution in [0.5, 0.6) is 11.5 Å². The molecule has 148 valence electrons. The largest absolute Gasteiger partial charge is 0.486 e. The minimum absolute atomic E-state index is 0.156. The van der Waals surface area contributed by atoms with Gasteiger partial charge in [0.15, 0.2) is 11.5 Å². The van der Waals surface area contributed by atoms with Gasteiger partial charge >= 0.3 is 0 Å². The number of ether oxygens (including phenoxy) is 2. The smallest absolute Gasteiger partial charge is 0.251 e. The van der Waals surface area contributed by atoms with E-state index in [1.54, 1.807) is 18.2 Å². The van der Waals surface area contributed by atoms with Gasteiger partial charge in [-0.05, 0) is 49.2 Å². The van der Waals surface area contributed by atoms with Gasteiger partial charge in [0.05, 0.1) is 18.5 Å². The maximum absolute atomic E-state index is 12.6. The van der Waals surface area contributed by atoms with Gasteiger partial charge in [0, 0.05) is 11.6 Å². The van der Waals surface area contributed by atoms with Crippen molar-refractivity contribution in [1.82, 2.24) is 5.32 Å². The van der Waals surface area contributed by atoms with E-state index in [2.05, 4.69) is 5.32 Å². The van der Waals surface area contributed by atoms with Crippen LogP contribution >= 0.6 is 0 Å². The van der Waals surface area contributed by atoms with Crippen LogP contribution in [0.25, 0.3) is 0 Å². The van der Waals surface area contributed by atoms with Crippen molar-refractivity contribution in [3.63, 3.8) is 0 Å². The lowest BCUT2D eigenvalue weighted by molar-refractivity contribution is 0.0789. The van der Waals surface area contributed by atoms with Gasteiger partial charge in [-0.3, -0.25) is 9.10 Å². The third-order valence-corrected chi connectivity index (χ3v) is 6.18. The molecule has 0 radical (unpaired) electrons. The Hall–Kier alpha value is -2.74. The lowest BCUT2D eigenvalue weighted by Gasteiger charge is -2.26. The van der Waals surface area contributed by atoms with Crippen molar-refractivity contribution in [2.24, 2.45) is 0 Å². The second kappa shape index (κ2) is 7.01. The summed E-state index contributed by atoms with van der Waals surface area (Å²) in [5.41, 5.74) is 2.00. The van der Waals surface area contributed by atoms with Crippen molar-refractivity contribution in [3.05, 3.63) is 53.6 Å². The molecule has 7 nitrogen and oxygen atoms in total. The predicted octanol–water partition coefficient (Wildman–Crippen LogP) is 1.97. The highest BCUT2D eigenvalue weighted by Crippen LogP contribution is 2.35. The van der Waals surface area contributed by atoms with E-state index in [0.717, 1.165) is 5.56 Å². The van der Waals surface area contributed by atoms with Gasteiger partial charge in [-0.2, -0.15) is 0 Å². The monoisotopic (exact) mass is 402 g/mol. The lowest BCUT2D eigenvalue weighted by Crippen LogP contribution is -2.40. The Morgan fingerprint density at radius 1 is 1.21 bits per heavy atom. The summed E-state index contributed by atoms with van der Waals surface area (Å²) in [5.74, 6) is 1.14. The Bertz CT molecular complexity index is 1020. The summed E-state index contributed by atoms with van der Waals surface area (Å²) >= 11 is 0. The molecule has 8 heteroatoms. The van der Waals surface area contributed by atoms with Crippen LogP contribution in [0.4, 0.5) is 5.69 Å². The Kier molecular flexibility index (Phi) is 4.66. The number of amides is 1. The summed E-state index contributed by atoms with van der Waals surface area (Å²) in [6, 6.07) is 12.4. The number of sulfonamides is 1. The molecule has 0 spiro atoms. The van der Waals surface area contributed by atoms with E-state index in [4.69, 9.17) is 9.47 Å². The van der Waals surface area contributed by atoms with Gasteiger partial charge in [-0.25, -0.2) is 8.42 Å². The minimum Gasteiger partial charge on any atom is -0.486 e. The summed E-state index contributed by atoms with van der Waals surface area (Å²) in [7, 11) is -3.35. The maximum Gasteiger partial charge on any atom is 0.251 e. The predicted molar refractivity (Wildman–Crippen MR) is 106 cm³/mol. The topological polar surface area (TPSA) is 84.9 Å². The van der Waals surface area contributed by atoms with Crippen LogP contribution in [0, 0.1) is 0 Å². The van der Waals surface area contributed by atoms with Crippen LogP contribution < -0.4 is 19.1 Å². The summed E-state index contributed by atoms with van der Waals surface area (Å²) in [6.07, 6.45) is 1.51. The highest BCUT2D eigenvalue weighted by atomic mass is 32.2. The van der Waals surface area contributed by atoms with Crippen LogP contribution in [-0.2, 0) is 16.4 Å². The molecule has 28 heavy (non-hydrogen) atoms. The molecular weight excluding hydrogens is 380 g/mol. The molecular formula is C20H22N2O5S. The average molecular weight is 402 g/mol. The third-order valence-electron chi connectivity index (χ3n) is 4.91. The number of benzene rings is 2. The number of hydrogen-bond donors (Lipinski definition) is 1. The molecule has 0 bridgehead atoms. The molecule has 0 saturated carbocycles. The van der Waals surface area contributed by atoms with E-state index in [1.807, 2.05) is 31.2 Å². The van der Waals surface area contributed by atoms with Gasteiger partial charge in [0.1, 0.15) is 12.7 Å². The fraction of sp³-hybridized carbons (Fsp3) is 0.350. The molecule has 2 aliphatic heterocycles. The molecule has 4 rings (SSSR count). The molecule has 0 aromatic heterocycles. The van der Waals surface area contributed by atoms with Crippen molar-refractivity contribution in [1.29, 1.82) is 0 Å². The van der Waals surface area contributed by atoms with Crippen LogP contribution in [0.3, 0.4) is 0 Å². The SMILES string of the molecule is CC1Cc2cc(C(=O)NCC3COc4ccccc4O3)ccc2N1S(C)(=O)=O. The average Bonchev–Trinajstić information content (AvgIpc) is 3.01. The zero-order valence-electron chi connectivity index (χ0n) is 15.7. The standard InChI is InChI=1S/C20H22N2O5S/c1-13-9-15-10-14(7-8-17(15)22(13)28(2,24)25)20(23)21-11-16-12-26-18-5-3-4-6-19(18)27-16/h3-8,10,13,16H,9,11-12H2,1-2H3,(H,21,23). The molecule has 0 fully saturated rings. The molecule has 0 aliphatic carbocycles. The highest BCUT2D eigenvalue weighted by Gasteiger charge is 2.33. The van der Waals surface area contributed by atoms with Crippen molar-refractivity contribution >= 4 is 21.6 Å². The van der Waals surface area contributed by atoms with Crippen LogP contribution in [0.2, 0.25) is 0 Å². The number of hydrogen-bond acceptors (Lipinski definition) is 5. The number of anilines is 1. The van der Waals surface area contributed by atoms with Crippen molar-refractivity contribution in [2.45, 2.75) is 25.5 Å². The Labute approximate surface area is 164 Å². The van der Waals surface area contributed by atoms with E-state index < -0.39 is 10.0 Å². The number of para-hydroxylation sites is 2. The number of carbonyl (C=O) groups excluding carboxylic acids is 1. The van der Waals surface area contributed by atoms with E-state index >= 15 is 0 Å². The Balaban J connectivity index is 1.42. The number of nitrogens with zero attached hydrogens (tertiary/aromatic N) is 1. The Morgan fingerprint density at radius 3 is 2.71 bits per heavy atom. The summed E-state index contributed by atoms with van der Waals surface area (Å²) in [4.78, 5) is 12.6. The second-order valence-electron chi connectivity index (χ2n) is 7.16. The fourth-order valence-corrected chi connectivity index (χ4v) is 4.99. The molecule has 2 aromatic rings. The molecule has 1 amide bonds. The first-order chi connectivity index (χ1) is 13.3. The Morgan fingerprint density at radius 2 is 1.96 bits per heavy atom. The molecule has 2 atom stereocenters. The van der Waals surface area contributed by atoms with Crippen LogP contribution in [0.1, 0.15) is 22.8 Å². The van der Waals surface area contributed by atoms with Gasteiger partial charge in [-0.1, -0.05) is 12.1 Å². The number of carbonyl (C=O) groups is 1. The van der Waals surface area contributed by atoms with Crippen LogP contribution in [0.15, 0.2) is 42.5 Å². The second-order valence-corrected chi connectivity index (χ2v) is 9.02. The fourth-order valence-electron chi connectivity index (χ4n) is 3.72.